The van der Waals surface area contributed by atoms with Crippen molar-refractivity contribution < 1.29 is 18.0 Å². The van der Waals surface area contributed by atoms with Gasteiger partial charge in [0, 0.05) is 12.6 Å². The van der Waals surface area contributed by atoms with Crippen LogP contribution in [0.1, 0.15) is 55.7 Å². The molecule has 7 nitrogen and oxygen atoms in total. The summed E-state index contributed by atoms with van der Waals surface area (Å²) < 4.78 is 26.8. The summed E-state index contributed by atoms with van der Waals surface area (Å²) in [5.74, 6) is -0.547. The standard InChI is InChI=1S/C28H39N3O4S/c1-5-25(28(33)29-24-13-9-10-14-24)30(18-17-23-11-7-6-8-12-23)27(32)20-31(36(4,34)35)26-19-21(2)15-16-22(26)3/h6-8,11-12,15-16,19,24-25H,5,9-10,13-14,17-18,20H2,1-4H3,(H,29,33). The molecule has 1 aliphatic rings. The first-order valence-corrected chi connectivity index (χ1v) is 14.6. The highest BCUT2D eigenvalue weighted by Gasteiger charge is 2.33. The third kappa shape index (κ3) is 7.32. The third-order valence-corrected chi connectivity index (χ3v) is 8.01. The van der Waals surface area contributed by atoms with E-state index in [1.54, 1.807) is 11.0 Å². The first-order valence-electron chi connectivity index (χ1n) is 12.8. The molecule has 1 saturated carbocycles. The van der Waals surface area contributed by atoms with Crippen molar-refractivity contribution in [2.45, 2.75) is 71.4 Å². The number of anilines is 1. The Morgan fingerprint density at radius 3 is 2.33 bits per heavy atom. The van der Waals surface area contributed by atoms with Gasteiger partial charge in [-0.25, -0.2) is 8.42 Å². The van der Waals surface area contributed by atoms with Gasteiger partial charge in [-0.05, 0) is 62.3 Å². The molecule has 1 fully saturated rings. The van der Waals surface area contributed by atoms with Crippen molar-refractivity contribution in [2.24, 2.45) is 0 Å². The second kappa shape index (κ2) is 12.4. The van der Waals surface area contributed by atoms with Gasteiger partial charge >= 0.3 is 0 Å². The van der Waals surface area contributed by atoms with Crippen LogP contribution in [0.4, 0.5) is 5.69 Å². The van der Waals surface area contributed by atoms with E-state index in [9.17, 15) is 18.0 Å². The third-order valence-electron chi connectivity index (χ3n) is 6.88. The summed E-state index contributed by atoms with van der Waals surface area (Å²) in [7, 11) is -3.74. The first kappa shape index (κ1) is 27.7. The van der Waals surface area contributed by atoms with Gasteiger partial charge in [0.25, 0.3) is 0 Å². The molecule has 0 spiro atoms. The molecular weight excluding hydrogens is 474 g/mol. The Balaban J connectivity index is 1.89. The molecule has 0 aromatic heterocycles. The van der Waals surface area contributed by atoms with Gasteiger partial charge in [0.2, 0.25) is 21.8 Å². The van der Waals surface area contributed by atoms with Crippen LogP contribution in [0, 0.1) is 13.8 Å². The fourth-order valence-corrected chi connectivity index (χ4v) is 5.75. The maximum atomic E-state index is 13.8. The van der Waals surface area contributed by atoms with Gasteiger partial charge in [-0.2, -0.15) is 0 Å². The van der Waals surface area contributed by atoms with Gasteiger partial charge in [0.1, 0.15) is 12.6 Å². The van der Waals surface area contributed by atoms with E-state index in [1.807, 2.05) is 63.2 Å². The van der Waals surface area contributed by atoms with Crippen LogP contribution in [0.5, 0.6) is 0 Å². The van der Waals surface area contributed by atoms with Crippen LogP contribution in [0.15, 0.2) is 48.5 Å². The second-order valence-electron chi connectivity index (χ2n) is 9.80. The number of nitrogens with zero attached hydrogens (tertiary/aromatic N) is 2. The van der Waals surface area contributed by atoms with Crippen LogP contribution in [0.25, 0.3) is 0 Å². The molecule has 36 heavy (non-hydrogen) atoms. The van der Waals surface area contributed by atoms with Crippen LogP contribution < -0.4 is 9.62 Å². The minimum Gasteiger partial charge on any atom is -0.352 e. The lowest BCUT2D eigenvalue weighted by Crippen LogP contribution is -2.54. The molecule has 3 rings (SSSR count). The summed E-state index contributed by atoms with van der Waals surface area (Å²) in [6, 6.07) is 14.8. The number of aryl methyl sites for hydroxylation is 2. The zero-order valence-electron chi connectivity index (χ0n) is 21.9. The maximum Gasteiger partial charge on any atom is 0.244 e. The molecule has 1 N–H and O–H groups in total. The molecule has 1 aliphatic carbocycles. The van der Waals surface area contributed by atoms with E-state index in [4.69, 9.17) is 0 Å². The molecule has 1 unspecified atom stereocenters. The van der Waals surface area contributed by atoms with E-state index in [0.29, 0.717) is 25.1 Å². The summed E-state index contributed by atoms with van der Waals surface area (Å²) >= 11 is 0. The number of carbonyl (C=O) groups excluding carboxylic acids is 2. The zero-order valence-corrected chi connectivity index (χ0v) is 22.7. The van der Waals surface area contributed by atoms with Crippen molar-refractivity contribution in [3.63, 3.8) is 0 Å². The number of benzene rings is 2. The van der Waals surface area contributed by atoms with Gasteiger partial charge in [-0.1, -0.05) is 62.2 Å². The highest BCUT2D eigenvalue weighted by atomic mass is 32.2. The van der Waals surface area contributed by atoms with E-state index in [-0.39, 0.29) is 24.4 Å². The highest BCUT2D eigenvalue weighted by Crippen LogP contribution is 2.25. The number of nitrogens with one attached hydrogen (secondary N) is 1. The monoisotopic (exact) mass is 513 g/mol. The Bertz CT molecular complexity index is 1140. The summed E-state index contributed by atoms with van der Waals surface area (Å²) in [4.78, 5) is 28.6. The molecule has 0 bridgehead atoms. The predicted octanol–water partition coefficient (Wildman–Crippen LogP) is 3.98. The summed E-state index contributed by atoms with van der Waals surface area (Å²) in [6.07, 6.45) is 6.22. The van der Waals surface area contributed by atoms with E-state index in [1.165, 1.54) is 0 Å². The number of amides is 2. The lowest BCUT2D eigenvalue weighted by molar-refractivity contribution is -0.139. The molecule has 2 aromatic rings. The Morgan fingerprint density at radius 1 is 1.06 bits per heavy atom. The summed E-state index contributed by atoms with van der Waals surface area (Å²) in [6.45, 7) is 5.57. The van der Waals surface area contributed by atoms with Gasteiger partial charge in [0.15, 0.2) is 0 Å². The molecule has 196 valence electrons. The quantitative estimate of drug-likeness (QED) is 0.492. The van der Waals surface area contributed by atoms with Crippen molar-refractivity contribution in [1.82, 2.24) is 10.2 Å². The number of sulfonamides is 1. The Kier molecular flexibility index (Phi) is 9.54. The molecule has 2 amide bonds. The highest BCUT2D eigenvalue weighted by molar-refractivity contribution is 7.92. The van der Waals surface area contributed by atoms with E-state index < -0.39 is 16.1 Å². The number of hydrogen-bond donors (Lipinski definition) is 1. The van der Waals surface area contributed by atoms with Crippen LogP contribution in [0.3, 0.4) is 0 Å². The van der Waals surface area contributed by atoms with Gasteiger partial charge in [-0.3, -0.25) is 13.9 Å². The topological polar surface area (TPSA) is 86.8 Å². The molecule has 1 atom stereocenters. The molecule has 0 heterocycles. The van der Waals surface area contributed by atoms with Crippen molar-refractivity contribution in [3.05, 3.63) is 65.2 Å². The van der Waals surface area contributed by atoms with Gasteiger partial charge in [0.05, 0.1) is 11.9 Å². The van der Waals surface area contributed by atoms with Crippen molar-refractivity contribution in [2.75, 3.05) is 23.7 Å². The molecule has 8 heteroatoms. The second-order valence-corrected chi connectivity index (χ2v) is 11.7. The van der Waals surface area contributed by atoms with Gasteiger partial charge < -0.3 is 10.2 Å². The van der Waals surface area contributed by atoms with E-state index >= 15 is 0 Å². The Morgan fingerprint density at radius 2 is 1.72 bits per heavy atom. The SMILES string of the molecule is CCC(C(=O)NC1CCCC1)N(CCc1ccccc1)C(=O)CN(c1cc(C)ccc1C)S(C)(=O)=O. The Labute approximate surface area is 215 Å². The fourth-order valence-electron chi connectivity index (χ4n) is 4.85. The van der Waals surface area contributed by atoms with Crippen LogP contribution in [-0.4, -0.2) is 56.6 Å². The van der Waals surface area contributed by atoms with E-state index in [2.05, 4.69) is 5.32 Å². The molecule has 0 aliphatic heterocycles. The molecule has 2 aromatic carbocycles. The lowest BCUT2D eigenvalue weighted by atomic mass is 10.1. The zero-order chi connectivity index (χ0) is 26.3. The van der Waals surface area contributed by atoms with Crippen LogP contribution >= 0.6 is 0 Å². The first-order chi connectivity index (χ1) is 17.1. The minimum atomic E-state index is -3.74. The van der Waals surface area contributed by atoms with Crippen molar-refractivity contribution >= 4 is 27.5 Å². The molecule has 0 radical (unpaired) electrons. The lowest BCUT2D eigenvalue weighted by Gasteiger charge is -2.33. The van der Waals surface area contributed by atoms with E-state index in [0.717, 1.165) is 52.9 Å². The average molecular weight is 514 g/mol. The number of carbonyl (C=O) groups is 2. The number of hydrogen-bond acceptors (Lipinski definition) is 4. The predicted molar refractivity (Wildman–Crippen MR) is 144 cm³/mol. The van der Waals surface area contributed by atoms with Crippen LogP contribution in [-0.2, 0) is 26.0 Å². The minimum absolute atomic E-state index is 0.139. The molecule has 0 saturated heterocycles. The smallest absolute Gasteiger partial charge is 0.244 e. The fraction of sp³-hybridized carbons (Fsp3) is 0.500. The van der Waals surface area contributed by atoms with Gasteiger partial charge in [-0.15, -0.1) is 0 Å². The van der Waals surface area contributed by atoms with Crippen molar-refractivity contribution in [3.8, 4) is 0 Å². The maximum absolute atomic E-state index is 13.8. The largest absolute Gasteiger partial charge is 0.352 e. The normalized spacial score (nSPS) is 14.9. The average Bonchev–Trinajstić information content (AvgIpc) is 3.34. The van der Waals surface area contributed by atoms with Crippen molar-refractivity contribution in [1.29, 1.82) is 0 Å². The molecular formula is C28H39N3O4S. The summed E-state index contributed by atoms with van der Waals surface area (Å²) in [5, 5.41) is 3.13. The van der Waals surface area contributed by atoms with Crippen LogP contribution in [0.2, 0.25) is 0 Å². The summed E-state index contributed by atoms with van der Waals surface area (Å²) in [5.41, 5.74) is 3.20. The Hall–Kier alpha value is -2.87. The number of rotatable bonds is 11.